The standard InChI is InChI=1S/C15H20N4O2/c1-8(2)11-6-10(20-4)5-9(3)13(11)21-12-7-18-15(17)19-14(12)16/h5-8H,1-4H3,(H4,16,17,18,19). The molecule has 112 valence electrons. The summed E-state index contributed by atoms with van der Waals surface area (Å²) >= 11 is 0. The van der Waals surface area contributed by atoms with Gasteiger partial charge in [-0.3, -0.25) is 0 Å². The number of methoxy groups -OCH3 is 1. The Morgan fingerprint density at radius 3 is 2.48 bits per heavy atom. The topological polar surface area (TPSA) is 96.3 Å². The Bertz CT molecular complexity index is 656. The first kappa shape index (κ1) is 14.9. The SMILES string of the molecule is COc1cc(C)c(Oc2cnc(N)nc2N)c(C(C)C)c1. The van der Waals surface area contributed by atoms with E-state index < -0.39 is 0 Å². The van der Waals surface area contributed by atoms with E-state index in [1.54, 1.807) is 7.11 Å². The fourth-order valence-corrected chi connectivity index (χ4v) is 2.04. The van der Waals surface area contributed by atoms with Crippen molar-refractivity contribution in [3.63, 3.8) is 0 Å². The van der Waals surface area contributed by atoms with Crippen molar-refractivity contribution in [1.29, 1.82) is 0 Å². The monoisotopic (exact) mass is 288 g/mol. The van der Waals surface area contributed by atoms with E-state index in [0.29, 0.717) is 5.75 Å². The molecule has 0 bridgehead atoms. The highest BCUT2D eigenvalue weighted by Gasteiger charge is 2.16. The molecule has 1 heterocycles. The Kier molecular flexibility index (Phi) is 4.16. The van der Waals surface area contributed by atoms with E-state index in [2.05, 4.69) is 23.8 Å². The van der Waals surface area contributed by atoms with Crippen molar-refractivity contribution < 1.29 is 9.47 Å². The number of aryl methyl sites for hydroxylation is 1. The molecular formula is C15H20N4O2. The molecule has 1 aromatic heterocycles. The molecule has 21 heavy (non-hydrogen) atoms. The number of rotatable bonds is 4. The van der Waals surface area contributed by atoms with Crippen molar-refractivity contribution in [3.05, 3.63) is 29.5 Å². The van der Waals surface area contributed by atoms with Gasteiger partial charge in [-0.25, -0.2) is 4.98 Å². The minimum Gasteiger partial charge on any atom is -0.497 e. The number of nitrogens with two attached hydrogens (primary N) is 2. The molecule has 0 aliphatic carbocycles. The fraction of sp³-hybridized carbons (Fsp3) is 0.333. The molecule has 4 N–H and O–H groups in total. The molecule has 2 aromatic rings. The number of nitrogens with zero attached hydrogens (tertiary/aromatic N) is 2. The molecule has 0 unspecified atom stereocenters. The largest absolute Gasteiger partial charge is 0.497 e. The zero-order valence-electron chi connectivity index (χ0n) is 12.7. The van der Waals surface area contributed by atoms with Crippen LogP contribution < -0.4 is 20.9 Å². The van der Waals surface area contributed by atoms with E-state index in [4.69, 9.17) is 20.9 Å². The number of hydrogen-bond acceptors (Lipinski definition) is 6. The van der Waals surface area contributed by atoms with Gasteiger partial charge in [-0.15, -0.1) is 0 Å². The molecule has 0 atom stereocenters. The Morgan fingerprint density at radius 1 is 1.19 bits per heavy atom. The molecule has 0 aliphatic rings. The van der Waals surface area contributed by atoms with E-state index in [1.165, 1.54) is 6.20 Å². The summed E-state index contributed by atoms with van der Waals surface area (Å²) in [7, 11) is 1.64. The molecular weight excluding hydrogens is 268 g/mol. The van der Waals surface area contributed by atoms with Gasteiger partial charge in [0.1, 0.15) is 11.5 Å². The van der Waals surface area contributed by atoms with Crippen LogP contribution in [0.2, 0.25) is 0 Å². The first-order valence-corrected chi connectivity index (χ1v) is 6.66. The number of anilines is 2. The average Bonchev–Trinajstić information content (AvgIpc) is 2.42. The lowest BCUT2D eigenvalue weighted by Crippen LogP contribution is -2.03. The number of hydrogen-bond donors (Lipinski definition) is 2. The molecule has 0 radical (unpaired) electrons. The maximum atomic E-state index is 5.93. The molecule has 6 nitrogen and oxygen atoms in total. The lowest BCUT2D eigenvalue weighted by Gasteiger charge is -2.18. The van der Waals surface area contributed by atoms with Gasteiger partial charge < -0.3 is 20.9 Å². The van der Waals surface area contributed by atoms with Crippen molar-refractivity contribution in [2.24, 2.45) is 0 Å². The summed E-state index contributed by atoms with van der Waals surface area (Å²) in [5.74, 6) is 2.53. The molecule has 2 rings (SSSR count). The summed E-state index contributed by atoms with van der Waals surface area (Å²) in [5, 5.41) is 0. The molecule has 0 saturated carbocycles. The van der Waals surface area contributed by atoms with Crippen LogP contribution in [0.4, 0.5) is 11.8 Å². The van der Waals surface area contributed by atoms with E-state index >= 15 is 0 Å². The van der Waals surface area contributed by atoms with Gasteiger partial charge in [0.25, 0.3) is 0 Å². The van der Waals surface area contributed by atoms with Crippen LogP contribution in [-0.4, -0.2) is 17.1 Å². The third-order valence-electron chi connectivity index (χ3n) is 3.15. The summed E-state index contributed by atoms with van der Waals surface area (Å²) in [6.45, 7) is 6.13. The molecule has 0 fully saturated rings. The number of ether oxygens (including phenoxy) is 2. The number of benzene rings is 1. The molecule has 1 aromatic carbocycles. The maximum absolute atomic E-state index is 5.93. The Labute approximate surface area is 124 Å². The molecule has 0 saturated heterocycles. The number of aromatic nitrogens is 2. The van der Waals surface area contributed by atoms with Gasteiger partial charge in [0.15, 0.2) is 11.6 Å². The quantitative estimate of drug-likeness (QED) is 0.898. The average molecular weight is 288 g/mol. The van der Waals surface area contributed by atoms with E-state index in [-0.39, 0.29) is 17.7 Å². The van der Waals surface area contributed by atoms with Crippen molar-refractivity contribution in [2.75, 3.05) is 18.6 Å². The molecule has 0 spiro atoms. The first-order valence-electron chi connectivity index (χ1n) is 6.66. The second kappa shape index (κ2) is 5.87. The minimum atomic E-state index is 0.121. The van der Waals surface area contributed by atoms with Crippen molar-refractivity contribution in [1.82, 2.24) is 9.97 Å². The molecule has 0 aliphatic heterocycles. The second-order valence-corrected chi connectivity index (χ2v) is 5.10. The maximum Gasteiger partial charge on any atom is 0.222 e. The van der Waals surface area contributed by atoms with Gasteiger partial charge >= 0.3 is 0 Å². The van der Waals surface area contributed by atoms with Crippen LogP contribution in [0.3, 0.4) is 0 Å². The Morgan fingerprint density at radius 2 is 1.90 bits per heavy atom. The first-order chi connectivity index (χ1) is 9.92. The van der Waals surface area contributed by atoms with Crippen LogP contribution >= 0.6 is 0 Å². The predicted molar refractivity (Wildman–Crippen MR) is 82.8 cm³/mol. The van der Waals surface area contributed by atoms with Crippen molar-refractivity contribution >= 4 is 11.8 Å². The third-order valence-corrected chi connectivity index (χ3v) is 3.15. The normalized spacial score (nSPS) is 10.7. The summed E-state index contributed by atoms with van der Waals surface area (Å²) in [4.78, 5) is 7.81. The summed E-state index contributed by atoms with van der Waals surface area (Å²) in [6, 6.07) is 3.87. The lowest BCUT2D eigenvalue weighted by atomic mass is 9.99. The van der Waals surface area contributed by atoms with Crippen molar-refractivity contribution in [3.8, 4) is 17.2 Å². The van der Waals surface area contributed by atoms with Crippen LogP contribution in [-0.2, 0) is 0 Å². The van der Waals surface area contributed by atoms with Crippen LogP contribution in [0.1, 0.15) is 30.9 Å². The van der Waals surface area contributed by atoms with E-state index in [1.807, 2.05) is 19.1 Å². The van der Waals surface area contributed by atoms with E-state index in [0.717, 1.165) is 22.6 Å². The van der Waals surface area contributed by atoms with Crippen LogP contribution in [0.15, 0.2) is 18.3 Å². The highest BCUT2D eigenvalue weighted by Crippen LogP contribution is 2.37. The zero-order valence-corrected chi connectivity index (χ0v) is 12.7. The second-order valence-electron chi connectivity index (χ2n) is 5.10. The smallest absolute Gasteiger partial charge is 0.222 e. The Hall–Kier alpha value is -2.50. The summed E-state index contributed by atoms with van der Waals surface area (Å²) in [6.07, 6.45) is 1.48. The molecule has 0 amide bonds. The van der Waals surface area contributed by atoms with Gasteiger partial charge in [-0.2, -0.15) is 4.98 Å². The summed E-state index contributed by atoms with van der Waals surface area (Å²) in [5.41, 5.74) is 13.3. The Balaban J connectivity index is 2.47. The van der Waals surface area contributed by atoms with Gasteiger partial charge in [-0.1, -0.05) is 13.8 Å². The van der Waals surface area contributed by atoms with Crippen LogP contribution in [0.25, 0.3) is 0 Å². The van der Waals surface area contributed by atoms with Gasteiger partial charge in [-0.05, 0) is 30.5 Å². The fourth-order valence-electron chi connectivity index (χ4n) is 2.04. The summed E-state index contributed by atoms with van der Waals surface area (Å²) < 4.78 is 11.2. The zero-order chi connectivity index (χ0) is 15.6. The minimum absolute atomic E-state index is 0.121. The van der Waals surface area contributed by atoms with Crippen LogP contribution in [0, 0.1) is 6.92 Å². The van der Waals surface area contributed by atoms with Gasteiger partial charge in [0.2, 0.25) is 5.95 Å². The van der Waals surface area contributed by atoms with E-state index in [9.17, 15) is 0 Å². The number of nitrogen functional groups attached to an aromatic ring is 2. The van der Waals surface area contributed by atoms with Gasteiger partial charge in [0.05, 0.1) is 13.3 Å². The highest BCUT2D eigenvalue weighted by atomic mass is 16.5. The van der Waals surface area contributed by atoms with Gasteiger partial charge in [0, 0.05) is 5.56 Å². The molecule has 6 heteroatoms. The lowest BCUT2D eigenvalue weighted by molar-refractivity contribution is 0.410. The highest BCUT2D eigenvalue weighted by molar-refractivity contribution is 5.54. The third kappa shape index (κ3) is 3.16. The predicted octanol–water partition coefficient (Wildman–Crippen LogP) is 2.87. The van der Waals surface area contributed by atoms with Crippen LogP contribution in [0.5, 0.6) is 17.2 Å². The van der Waals surface area contributed by atoms with Crippen molar-refractivity contribution in [2.45, 2.75) is 26.7 Å².